The van der Waals surface area contributed by atoms with E-state index < -0.39 is 0 Å². The summed E-state index contributed by atoms with van der Waals surface area (Å²) >= 11 is 0. The van der Waals surface area contributed by atoms with E-state index in [0.29, 0.717) is 6.54 Å². The summed E-state index contributed by atoms with van der Waals surface area (Å²) < 4.78 is 10.3. The van der Waals surface area contributed by atoms with Gasteiger partial charge in [-0.15, -0.1) is 0 Å². The fourth-order valence-electron chi connectivity index (χ4n) is 1.96. The standard InChI is InChI=1S/C14H19NO4/c1-18-13-5-3-2-4-11(13)10-15(12-6-7-12)14(17)19-9-8-16/h2-5,12,16H,6-10H2,1H3. The highest BCUT2D eigenvalue weighted by Crippen LogP contribution is 2.30. The van der Waals surface area contributed by atoms with E-state index >= 15 is 0 Å². The second-order valence-electron chi connectivity index (χ2n) is 4.51. The van der Waals surface area contributed by atoms with E-state index in [1.54, 1.807) is 12.0 Å². The largest absolute Gasteiger partial charge is 0.496 e. The van der Waals surface area contributed by atoms with Crippen LogP contribution in [-0.4, -0.2) is 42.5 Å². The summed E-state index contributed by atoms with van der Waals surface area (Å²) in [4.78, 5) is 13.6. The molecule has 19 heavy (non-hydrogen) atoms. The van der Waals surface area contributed by atoms with Crippen LogP contribution in [0.4, 0.5) is 4.79 Å². The van der Waals surface area contributed by atoms with Crippen molar-refractivity contribution in [2.45, 2.75) is 25.4 Å². The Morgan fingerprint density at radius 2 is 2.16 bits per heavy atom. The first-order valence-electron chi connectivity index (χ1n) is 6.42. The van der Waals surface area contributed by atoms with Crippen molar-refractivity contribution in [2.24, 2.45) is 0 Å². The first kappa shape index (κ1) is 13.7. The van der Waals surface area contributed by atoms with Crippen LogP contribution in [0.1, 0.15) is 18.4 Å². The Balaban J connectivity index is 2.06. The van der Waals surface area contributed by atoms with Crippen LogP contribution in [0.2, 0.25) is 0 Å². The number of aliphatic hydroxyl groups is 1. The molecule has 1 saturated carbocycles. The molecular weight excluding hydrogens is 246 g/mol. The molecule has 2 rings (SSSR count). The minimum Gasteiger partial charge on any atom is -0.496 e. The number of ether oxygens (including phenoxy) is 2. The molecule has 5 nitrogen and oxygen atoms in total. The van der Waals surface area contributed by atoms with Gasteiger partial charge in [-0.25, -0.2) is 4.79 Å². The molecule has 1 aromatic rings. The number of rotatable bonds is 6. The highest BCUT2D eigenvalue weighted by atomic mass is 16.6. The third kappa shape index (κ3) is 3.61. The van der Waals surface area contributed by atoms with Gasteiger partial charge in [0.05, 0.1) is 20.3 Å². The van der Waals surface area contributed by atoms with Crippen molar-refractivity contribution in [3.63, 3.8) is 0 Å². The molecule has 0 bridgehead atoms. The topological polar surface area (TPSA) is 59.0 Å². The van der Waals surface area contributed by atoms with Crippen LogP contribution < -0.4 is 4.74 Å². The third-order valence-corrected chi connectivity index (χ3v) is 3.07. The van der Waals surface area contributed by atoms with Crippen molar-refractivity contribution >= 4 is 6.09 Å². The molecule has 0 saturated heterocycles. The van der Waals surface area contributed by atoms with E-state index in [9.17, 15) is 4.79 Å². The Morgan fingerprint density at radius 1 is 1.42 bits per heavy atom. The summed E-state index contributed by atoms with van der Waals surface area (Å²) in [7, 11) is 1.62. The quantitative estimate of drug-likeness (QED) is 0.852. The molecule has 5 heteroatoms. The smallest absolute Gasteiger partial charge is 0.410 e. The van der Waals surface area contributed by atoms with Crippen molar-refractivity contribution in [3.05, 3.63) is 29.8 Å². The van der Waals surface area contributed by atoms with Crippen LogP contribution >= 0.6 is 0 Å². The number of carbonyl (C=O) groups excluding carboxylic acids is 1. The molecule has 1 aliphatic carbocycles. The number of aliphatic hydroxyl groups excluding tert-OH is 1. The van der Waals surface area contributed by atoms with Gasteiger partial charge in [0.2, 0.25) is 0 Å². The maximum atomic E-state index is 11.9. The van der Waals surface area contributed by atoms with Crippen LogP contribution in [0.25, 0.3) is 0 Å². The van der Waals surface area contributed by atoms with Crippen LogP contribution in [0.15, 0.2) is 24.3 Å². The zero-order chi connectivity index (χ0) is 13.7. The number of hydrogen-bond acceptors (Lipinski definition) is 4. The number of benzene rings is 1. The lowest BCUT2D eigenvalue weighted by Crippen LogP contribution is -2.33. The van der Waals surface area contributed by atoms with E-state index in [2.05, 4.69) is 0 Å². The van der Waals surface area contributed by atoms with Crippen LogP contribution in [-0.2, 0) is 11.3 Å². The highest BCUT2D eigenvalue weighted by Gasteiger charge is 2.34. The summed E-state index contributed by atoms with van der Waals surface area (Å²) in [5.74, 6) is 0.767. The van der Waals surface area contributed by atoms with E-state index in [4.69, 9.17) is 14.6 Å². The Labute approximate surface area is 112 Å². The lowest BCUT2D eigenvalue weighted by atomic mass is 10.2. The molecule has 0 unspecified atom stereocenters. The molecule has 0 radical (unpaired) electrons. The van der Waals surface area contributed by atoms with Gasteiger partial charge in [-0.05, 0) is 18.9 Å². The van der Waals surface area contributed by atoms with E-state index in [1.807, 2.05) is 24.3 Å². The predicted octanol–water partition coefficient (Wildman–Crippen LogP) is 1.79. The maximum absolute atomic E-state index is 11.9. The molecule has 0 atom stereocenters. The monoisotopic (exact) mass is 265 g/mol. The van der Waals surface area contributed by atoms with E-state index in [0.717, 1.165) is 24.2 Å². The molecule has 0 heterocycles. The van der Waals surface area contributed by atoms with Gasteiger partial charge in [0.15, 0.2) is 0 Å². The van der Waals surface area contributed by atoms with E-state index in [1.165, 1.54) is 0 Å². The SMILES string of the molecule is COc1ccccc1CN(C(=O)OCCO)C1CC1. The Hall–Kier alpha value is -1.75. The average molecular weight is 265 g/mol. The number of nitrogens with zero attached hydrogens (tertiary/aromatic N) is 1. The summed E-state index contributed by atoms with van der Waals surface area (Å²) in [5.41, 5.74) is 0.956. The van der Waals surface area contributed by atoms with Gasteiger partial charge in [-0.3, -0.25) is 0 Å². The van der Waals surface area contributed by atoms with Crippen LogP contribution in [0.3, 0.4) is 0 Å². The number of para-hydroxylation sites is 1. The molecule has 104 valence electrons. The summed E-state index contributed by atoms with van der Waals surface area (Å²) in [6.07, 6.45) is 1.63. The molecule has 0 spiro atoms. The molecule has 1 fully saturated rings. The first-order chi connectivity index (χ1) is 9.26. The highest BCUT2D eigenvalue weighted by molar-refractivity contribution is 5.68. The molecular formula is C14H19NO4. The van der Waals surface area contributed by atoms with Crippen molar-refractivity contribution in [3.8, 4) is 5.75 Å². The number of carbonyl (C=O) groups is 1. The summed E-state index contributed by atoms with van der Waals surface area (Å²) in [6.45, 7) is 0.353. The summed E-state index contributed by atoms with van der Waals surface area (Å²) in [5, 5.41) is 8.71. The van der Waals surface area contributed by atoms with Gasteiger partial charge < -0.3 is 19.5 Å². The number of hydrogen-bond donors (Lipinski definition) is 1. The zero-order valence-corrected chi connectivity index (χ0v) is 11.0. The number of amides is 1. The second kappa shape index (κ2) is 6.43. The van der Waals surface area contributed by atoms with Crippen LogP contribution in [0.5, 0.6) is 5.75 Å². The van der Waals surface area contributed by atoms with Crippen molar-refractivity contribution in [1.29, 1.82) is 0 Å². The Kier molecular flexibility index (Phi) is 4.63. The molecule has 0 aromatic heterocycles. The Morgan fingerprint density at radius 3 is 2.79 bits per heavy atom. The second-order valence-corrected chi connectivity index (χ2v) is 4.51. The molecule has 1 N–H and O–H groups in total. The average Bonchev–Trinajstić information content (AvgIpc) is 3.27. The predicted molar refractivity (Wildman–Crippen MR) is 70.0 cm³/mol. The minimum atomic E-state index is -0.373. The fourth-order valence-corrected chi connectivity index (χ4v) is 1.96. The van der Waals surface area contributed by atoms with Crippen molar-refractivity contribution in [1.82, 2.24) is 4.90 Å². The third-order valence-electron chi connectivity index (χ3n) is 3.07. The van der Waals surface area contributed by atoms with Gasteiger partial charge >= 0.3 is 6.09 Å². The number of methoxy groups -OCH3 is 1. The lowest BCUT2D eigenvalue weighted by Gasteiger charge is -2.22. The van der Waals surface area contributed by atoms with Gasteiger partial charge in [0.1, 0.15) is 12.4 Å². The summed E-state index contributed by atoms with van der Waals surface area (Å²) in [6, 6.07) is 7.87. The Bertz CT molecular complexity index is 431. The fraction of sp³-hybridized carbons (Fsp3) is 0.500. The molecule has 1 aliphatic rings. The lowest BCUT2D eigenvalue weighted by molar-refractivity contribution is 0.0795. The van der Waals surface area contributed by atoms with Gasteiger partial charge in [-0.1, -0.05) is 18.2 Å². The van der Waals surface area contributed by atoms with Crippen molar-refractivity contribution < 1.29 is 19.4 Å². The van der Waals surface area contributed by atoms with Gasteiger partial charge in [-0.2, -0.15) is 0 Å². The molecule has 1 aromatic carbocycles. The van der Waals surface area contributed by atoms with Gasteiger partial charge in [0.25, 0.3) is 0 Å². The van der Waals surface area contributed by atoms with Gasteiger partial charge in [0, 0.05) is 11.6 Å². The minimum absolute atomic E-state index is 0.0357. The maximum Gasteiger partial charge on any atom is 0.410 e. The van der Waals surface area contributed by atoms with Crippen molar-refractivity contribution in [2.75, 3.05) is 20.3 Å². The first-order valence-corrected chi connectivity index (χ1v) is 6.42. The van der Waals surface area contributed by atoms with Crippen LogP contribution in [0, 0.1) is 0 Å². The zero-order valence-electron chi connectivity index (χ0n) is 11.0. The molecule has 1 amide bonds. The van der Waals surface area contributed by atoms with E-state index in [-0.39, 0.29) is 25.3 Å². The normalized spacial score (nSPS) is 14.0. The molecule has 0 aliphatic heterocycles.